The number of methoxy groups -OCH3 is 1. The number of carbonyl (C=O) groups excluding carboxylic acids is 1. The minimum atomic E-state index is -0.365. The minimum Gasteiger partial charge on any atom is -0.493 e. The number of nitrogens with one attached hydrogen (secondary N) is 1. The summed E-state index contributed by atoms with van der Waals surface area (Å²) in [5, 5.41) is 14.8. The number of fused-ring (bicyclic) bond motifs is 1. The normalized spacial score (nSPS) is 12.2. The van der Waals surface area contributed by atoms with Crippen molar-refractivity contribution in [2.24, 2.45) is 7.05 Å². The molecule has 8 nitrogen and oxygen atoms in total. The smallest absolute Gasteiger partial charge is 0.239 e. The number of para-hydroxylation sites is 1. The summed E-state index contributed by atoms with van der Waals surface area (Å²) in [4.78, 5) is 16.4. The monoisotopic (exact) mass is 415 g/mol. The van der Waals surface area contributed by atoms with Crippen LogP contribution in [0.2, 0.25) is 0 Å². The van der Waals surface area contributed by atoms with Crippen LogP contribution in [0, 0.1) is 0 Å². The molecule has 1 atom stereocenters. The van der Waals surface area contributed by atoms with E-state index in [1.807, 2.05) is 48.2 Å². The zero-order valence-electron chi connectivity index (χ0n) is 15.4. The van der Waals surface area contributed by atoms with E-state index in [1.165, 1.54) is 23.1 Å². The van der Waals surface area contributed by atoms with Gasteiger partial charge in [0.1, 0.15) is 0 Å². The number of amides is 1. The number of furan rings is 1. The molecule has 0 fully saturated rings. The van der Waals surface area contributed by atoms with Crippen molar-refractivity contribution in [2.45, 2.75) is 17.3 Å². The Labute approximate surface area is 168 Å². The van der Waals surface area contributed by atoms with Crippen molar-refractivity contribution >= 4 is 45.1 Å². The molecule has 0 aliphatic heterocycles. The van der Waals surface area contributed by atoms with Crippen LogP contribution in [0.5, 0.6) is 5.75 Å². The molecule has 1 N–H and O–H groups in total. The highest BCUT2D eigenvalue weighted by Crippen LogP contribution is 2.34. The molecule has 0 aliphatic carbocycles. The summed E-state index contributed by atoms with van der Waals surface area (Å²) in [5.74, 6) is 1.68. The summed E-state index contributed by atoms with van der Waals surface area (Å²) in [6.45, 7) is 1.81. The van der Waals surface area contributed by atoms with Gasteiger partial charge in [-0.25, -0.2) is 4.98 Å². The molecule has 4 rings (SSSR count). The van der Waals surface area contributed by atoms with Gasteiger partial charge in [0.25, 0.3) is 0 Å². The van der Waals surface area contributed by atoms with Crippen LogP contribution < -0.4 is 10.1 Å². The van der Waals surface area contributed by atoms with Gasteiger partial charge in [0, 0.05) is 24.0 Å². The molecular weight excluding hydrogens is 398 g/mol. The van der Waals surface area contributed by atoms with E-state index in [0.29, 0.717) is 33.2 Å². The Hall–Kier alpha value is -2.85. The van der Waals surface area contributed by atoms with Gasteiger partial charge >= 0.3 is 0 Å². The first-order valence-corrected chi connectivity index (χ1v) is 10.2. The van der Waals surface area contributed by atoms with Crippen LogP contribution in [0.15, 0.2) is 45.4 Å². The van der Waals surface area contributed by atoms with E-state index < -0.39 is 0 Å². The van der Waals surface area contributed by atoms with Gasteiger partial charge in [-0.15, -0.1) is 21.5 Å². The van der Waals surface area contributed by atoms with Gasteiger partial charge in [-0.05, 0) is 19.1 Å². The van der Waals surface area contributed by atoms with Crippen molar-refractivity contribution in [3.05, 3.63) is 35.8 Å². The number of ether oxygens (including phenoxy) is 1. The van der Waals surface area contributed by atoms with Crippen LogP contribution in [-0.4, -0.2) is 38.0 Å². The first kappa shape index (κ1) is 18.5. The standard InChI is InChI=1S/C18H17N5O3S2/c1-10(16(24)20-17-19-7-8-27-17)28-18-22-21-15(23(18)2)13-9-11-5-4-6-12(25-3)14(11)26-13/h4-10H,1-3H3,(H,19,20,24)/t10-/m0/s1. The molecule has 1 aromatic carbocycles. The fourth-order valence-corrected chi connectivity index (χ4v) is 3.99. The molecule has 28 heavy (non-hydrogen) atoms. The number of rotatable bonds is 6. The van der Waals surface area contributed by atoms with E-state index in [-0.39, 0.29) is 11.2 Å². The second-order valence-corrected chi connectivity index (χ2v) is 8.14. The van der Waals surface area contributed by atoms with Crippen LogP contribution in [0.4, 0.5) is 5.13 Å². The molecule has 10 heteroatoms. The minimum absolute atomic E-state index is 0.141. The highest BCUT2D eigenvalue weighted by atomic mass is 32.2. The Morgan fingerprint density at radius 2 is 2.25 bits per heavy atom. The Kier molecular flexibility index (Phi) is 5.05. The number of benzene rings is 1. The van der Waals surface area contributed by atoms with Crippen molar-refractivity contribution < 1.29 is 13.9 Å². The number of anilines is 1. The number of hydrogen-bond donors (Lipinski definition) is 1. The SMILES string of the molecule is COc1cccc2cc(-c3nnc(S[C@@H](C)C(=O)Nc4nccs4)n3C)oc12. The Morgan fingerprint density at radius 3 is 3.00 bits per heavy atom. The summed E-state index contributed by atoms with van der Waals surface area (Å²) in [6.07, 6.45) is 1.65. The maximum absolute atomic E-state index is 12.3. The van der Waals surface area contributed by atoms with E-state index in [4.69, 9.17) is 9.15 Å². The molecule has 3 aromatic heterocycles. The van der Waals surface area contributed by atoms with Crippen molar-refractivity contribution in [2.75, 3.05) is 12.4 Å². The van der Waals surface area contributed by atoms with Crippen LogP contribution in [-0.2, 0) is 11.8 Å². The lowest BCUT2D eigenvalue weighted by Crippen LogP contribution is -2.22. The molecule has 1 amide bonds. The van der Waals surface area contributed by atoms with Crippen molar-refractivity contribution in [1.82, 2.24) is 19.7 Å². The van der Waals surface area contributed by atoms with E-state index in [0.717, 1.165) is 5.39 Å². The number of carbonyl (C=O) groups is 1. The van der Waals surface area contributed by atoms with E-state index in [9.17, 15) is 4.79 Å². The molecule has 0 saturated carbocycles. The van der Waals surface area contributed by atoms with Gasteiger partial charge in [0.2, 0.25) is 5.91 Å². The Morgan fingerprint density at radius 1 is 1.39 bits per heavy atom. The quantitative estimate of drug-likeness (QED) is 0.478. The third-order valence-corrected chi connectivity index (χ3v) is 5.92. The van der Waals surface area contributed by atoms with Gasteiger partial charge in [-0.3, -0.25) is 4.79 Å². The van der Waals surface area contributed by atoms with E-state index >= 15 is 0 Å². The summed E-state index contributed by atoms with van der Waals surface area (Å²) >= 11 is 2.69. The third kappa shape index (κ3) is 3.48. The fourth-order valence-electron chi connectivity index (χ4n) is 2.64. The van der Waals surface area contributed by atoms with Crippen molar-refractivity contribution in [1.29, 1.82) is 0 Å². The Balaban J connectivity index is 1.55. The molecule has 0 saturated heterocycles. The van der Waals surface area contributed by atoms with E-state index in [2.05, 4.69) is 20.5 Å². The zero-order valence-corrected chi connectivity index (χ0v) is 17.0. The number of hydrogen-bond acceptors (Lipinski definition) is 8. The van der Waals surface area contributed by atoms with E-state index in [1.54, 1.807) is 13.3 Å². The summed E-state index contributed by atoms with van der Waals surface area (Å²) in [7, 11) is 3.44. The van der Waals surface area contributed by atoms with Crippen LogP contribution in [0.1, 0.15) is 6.92 Å². The Bertz CT molecular complexity index is 1120. The summed E-state index contributed by atoms with van der Waals surface area (Å²) < 4.78 is 13.1. The highest BCUT2D eigenvalue weighted by molar-refractivity contribution is 8.00. The maximum atomic E-state index is 12.3. The third-order valence-electron chi connectivity index (χ3n) is 4.10. The average Bonchev–Trinajstić information content (AvgIpc) is 3.42. The summed E-state index contributed by atoms with van der Waals surface area (Å²) in [5.41, 5.74) is 0.661. The van der Waals surface area contributed by atoms with Gasteiger partial charge in [-0.1, -0.05) is 23.9 Å². The average molecular weight is 416 g/mol. The number of nitrogens with zero attached hydrogens (tertiary/aromatic N) is 4. The fraction of sp³-hybridized carbons (Fsp3) is 0.222. The molecular formula is C18H17N5O3S2. The first-order chi connectivity index (χ1) is 13.6. The van der Waals surface area contributed by atoms with Crippen LogP contribution >= 0.6 is 23.1 Å². The molecule has 3 heterocycles. The predicted molar refractivity (Wildman–Crippen MR) is 109 cm³/mol. The van der Waals surface area contributed by atoms with Gasteiger partial charge in [-0.2, -0.15) is 0 Å². The number of aromatic nitrogens is 4. The molecule has 4 aromatic rings. The zero-order chi connectivity index (χ0) is 19.7. The largest absolute Gasteiger partial charge is 0.493 e. The van der Waals surface area contributed by atoms with Gasteiger partial charge in [0.15, 0.2) is 33.2 Å². The molecule has 0 aliphatic rings. The second kappa shape index (κ2) is 7.64. The molecule has 0 spiro atoms. The van der Waals surface area contributed by atoms with Gasteiger partial charge in [0.05, 0.1) is 12.4 Å². The molecule has 0 radical (unpaired) electrons. The van der Waals surface area contributed by atoms with Crippen molar-refractivity contribution in [3.8, 4) is 17.3 Å². The van der Waals surface area contributed by atoms with Gasteiger partial charge < -0.3 is 19.0 Å². The highest BCUT2D eigenvalue weighted by Gasteiger charge is 2.21. The number of thiazole rings is 1. The molecule has 0 bridgehead atoms. The molecule has 144 valence electrons. The lowest BCUT2D eigenvalue weighted by atomic mass is 10.2. The lowest BCUT2D eigenvalue weighted by molar-refractivity contribution is -0.115. The number of thioether (sulfide) groups is 1. The predicted octanol–water partition coefficient (Wildman–Crippen LogP) is 3.81. The second-order valence-electron chi connectivity index (χ2n) is 5.94. The summed E-state index contributed by atoms with van der Waals surface area (Å²) in [6, 6.07) is 7.59. The first-order valence-electron chi connectivity index (χ1n) is 8.40. The lowest BCUT2D eigenvalue weighted by Gasteiger charge is -2.09. The van der Waals surface area contributed by atoms with Crippen LogP contribution in [0.25, 0.3) is 22.6 Å². The van der Waals surface area contributed by atoms with Crippen LogP contribution in [0.3, 0.4) is 0 Å². The topological polar surface area (TPSA) is 95.1 Å². The molecule has 0 unspecified atom stereocenters. The maximum Gasteiger partial charge on any atom is 0.239 e. The van der Waals surface area contributed by atoms with Crippen molar-refractivity contribution in [3.63, 3.8) is 0 Å².